The maximum Gasteiger partial charge on any atom is 0.145 e. The topological polar surface area (TPSA) is 41.9 Å². The molecule has 228 valence electrons. The van der Waals surface area contributed by atoms with Crippen LogP contribution >= 0.6 is 11.3 Å². The molecule has 5 heteroatoms. The molecule has 0 fully saturated rings. The molecule has 4 nitrogen and oxygen atoms in total. The molecule has 0 aliphatic carbocycles. The predicted octanol–water partition coefficient (Wildman–Crippen LogP) is 12.1. The Morgan fingerprint density at radius 1 is 0.571 bits per heavy atom. The third-order valence-electron chi connectivity index (χ3n) is 10.6. The van der Waals surface area contributed by atoms with Crippen LogP contribution in [-0.2, 0) is 0 Å². The number of nitrogens with zero attached hydrogens (tertiary/aromatic N) is 2. The van der Waals surface area contributed by atoms with Crippen molar-refractivity contribution in [1.82, 2.24) is 4.40 Å². The van der Waals surface area contributed by atoms with Crippen LogP contribution < -0.4 is 5.32 Å². The van der Waals surface area contributed by atoms with Crippen molar-refractivity contribution in [3.63, 3.8) is 0 Å². The van der Waals surface area contributed by atoms with Crippen molar-refractivity contribution >= 4 is 104 Å². The smallest absolute Gasteiger partial charge is 0.145 e. The Morgan fingerprint density at radius 3 is 2.08 bits per heavy atom. The first-order valence-corrected chi connectivity index (χ1v) is 17.5. The summed E-state index contributed by atoms with van der Waals surface area (Å²) in [5.74, 6) is 0. The summed E-state index contributed by atoms with van der Waals surface area (Å²) >= 11 is 1.80. The second-order valence-corrected chi connectivity index (χ2v) is 14.2. The Labute approximate surface area is 283 Å². The van der Waals surface area contributed by atoms with Gasteiger partial charge < -0.3 is 14.1 Å². The molecule has 0 saturated heterocycles. The lowest BCUT2D eigenvalue weighted by molar-refractivity contribution is 0.672. The summed E-state index contributed by atoms with van der Waals surface area (Å²) in [5.41, 5.74) is 10.00. The van der Waals surface area contributed by atoms with Gasteiger partial charge in [0.15, 0.2) is 0 Å². The van der Waals surface area contributed by atoms with Gasteiger partial charge in [-0.05, 0) is 42.0 Å². The molecule has 1 N–H and O–H groups in total. The Hall–Kier alpha value is -6.17. The lowest BCUT2D eigenvalue weighted by atomic mass is 10.0. The van der Waals surface area contributed by atoms with Crippen LogP contribution in [0, 0.1) is 0 Å². The van der Waals surface area contributed by atoms with Gasteiger partial charge >= 0.3 is 0 Å². The van der Waals surface area contributed by atoms with Crippen LogP contribution in [0.2, 0.25) is 0 Å². The van der Waals surface area contributed by atoms with Crippen LogP contribution in [-0.4, -0.2) is 10.1 Å². The van der Waals surface area contributed by atoms with E-state index in [1.807, 2.05) is 0 Å². The van der Waals surface area contributed by atoms with E-state index in [0.29, 0.717) is 0 Å². The van der Waals surface area contributed by atoms with Crippen molar-refractivity contribution in [1.29, 1.82) is 0 Å². The van der Waals surface area contributed by atoms with E-state index in [1.54, 1.807) is 11.3 Å². The standard InChI is InChI=1S/C44H25N3OS/c1-2-9-24(10-3-1)38-43-39(33-12-5-7-16-37(33)49-43)46-44(45-38)25-17-22-36-34(23-25)32-21-19-30-31(42(32)48-36)20-18-29-28-14-8-13-27-26-11-4-6-15-35(26)47(40(27)28)41(29)30/h1-23,44,46H. The molecule has 1 unspecified atom stereocenters. The molecule has 7 aromatic carbocycles. The minimum atomic E-state index is -0.235. The van der Waals surface area contributed by atoms with Crippen LogP contribution in [0.4, 0.5) is 5.69 Å². The lowest BCUT2D eigenvalue weighted by Gasteiger charge is -2.24. The molecule has 1 atom stereocenters. The average Bonchev–Trinajstić information content (AvgIpc) is 3.91. The fraction of sp³-hybridized carbons (Fsp3) is 0.0227. The van der Waals surface area contributed by atoms with E-state index in [4.69, 9.17) is 9.41 Å². The van der Waals surface area contributed by atoms with E-state index in [-0.39, 0.29) is 6.17 Å². The monoisotopic (exact) mass is 643 g/mol. The van der Waals surface area contributed by atoms with Gasteiger partial charge in [-0.2, -0.15) is 0 Å². The predicted molar refractivity (Wildman–Crippen MR) is 206 cm³/mol. The molecule has 1 aliphatic rings. The SMILES string of the molecule is c1ccc(C2=NC(c3ccc4oc5c(ccc6c5ccc5c7cccc8c9ccccc9n(c65)c87)c4c3)Nc3c2sc2ccccc32)cc1. The van der Waals surface area contributed by atoms with Crippen LogP contribution in [0.1, 0.15) is 22.2 Å². The lowest BCUT2D eigenvalue weighted by Crippen LogP contribution is -2.19. The summed E-state index contributed by atoms with van der Waals surface area (Å²) in [5, 5.41) is 14.7. The van der Waals surface area contributed by atoms with Crippen molar-refractivity contribution < 1.29 is 4.42 Å². The number of aromatic nitrogens is 1. The molecular weight excluding hydrogens is 619 g/mol. The molecule has 0 amide bonds. The van der Waals surface area contributed by atoms with E-state index >= 15 is 0 Å². The summed E-state index contributed by atoms with van der Waals surface area (Å²) in [4.78, 5) is 6.55. The van der Waals surface area contributed by atoms with E-state index < -0.39 is 0 Å². The van der Waals surface area contributed by atoms with Gasteiger partial charge in [0.2, 0.25) is 0 Å². The van der Waals surface area contributed by atoms with Gasteiger partial charge in [-0.3, -0.25) is 4.99 Å². The van der Waals surface area contributed by atoms with Crippen molar-refractivity contribution in [2.45, 2.75) is 6.17 Å². The zero-order valence-electron chi connectivity index (χ0n) is 26.1. The van der Waals surface area contributed by atoms with Crippen LogP contribution in [0.3, 0.4) is 0 Å². The zero-order chi connectivity index (χ0) is 31.8. The number of para-hydroxylation sites is 2. The third-order valence-corrected chi connectivity index (χ3v) is 11.7. The highest BCUT2D eigenvalue weighted by molar-refractivity contribution is 7.22. The quantitative estimate of drug-likeness (QED) is 0.204. The van der Waals surface area contributed by atoms with Crippen molar-refractivity contribution in [2.75, 3.05) is 5.32 Å². The van der Waals surface area contributed by atoms with Crippen LogP contribution in [0.15, 0.2) is 149 Å². The maximum atomic E-state index is 6.72. The molecule has 49 heavy (non-hydrogen) atoms. The number of hydrogen-bond donors (Lipinski definition) is 1. The normalized spacial score (nSPS) is 15.0. The Morgan fingerprint density at radius 2 is 1.22 bits per heavy atom. The molecule has 12 rings (SSSR count). The van der Waals surface area contributed by atoms with Crippen molar-refractivity contribution in [2.24, 2.45) is 4.99 Å². The third kappa shape index (κ3) is 3.35. The number of benzene rings is 7. The number of anilines is 1. The average molecular weight is 644 g/mol. The minimum Gasteiger partial charge on any atom is -0.455 e. The largest absolute Gasteiger partial charge is 0.455 e. The number of fused-ring (bicyclic) bond motifs is 15. The van der Waals surface area contributed by atoms with Crippen molar-refractivity contribution in [3.05, 3.63) is 156 Å². The second kappa shape index (κ2) is 9.25. The molecular formula is C44H25N3OS. The van der Waals surface area contributed by atoms with Gasteiger partial charge in [-0.1, -0.05) is 103 Å². The number of furan rings is 1. The molecule has 1 aliphatic heterocycles. The van der Waals surface area contributed by atoms with E-state index in [9.17, 15) is 0 Å². The molecule has 4 aromatic heterocycles. The highest BCUT2D eigenvalue weighted by Gasteiger charge is 2.27. The first-order valence-electron chi connectivity index (χ1n) is 16.7. The van der Waals surface area contributed by atoms with Gasteiger partial charge in [0.25, 0.3) is 0 Å². The van der Waals surface area contributed by atoms with Crippen LogP contribution in [0.5, 0.6) is 0 Å². The first kappa shape index (κ1) is 25.9. The summed E-state index contributed by atoms with van der Waals surface area (Å²) in [7, 11) is 0. The fourth-order valence-electron chi connectivity index (χ4n) is 8.41. The van der Waals surface area contributed by atoms with Gasteiger partial charge in [-0.15, -0.1) is 11.3 Å². The van der Waals surface area contributed by atoms with Gasteiger partial charge in [0.1, 0.15) is 17.3 Å². The molecule has 0 radical (unpaired) electrons. The molecule has 5 heterocycles. The number of nitrogens with one attached hydrogen (secondary N) is 1. The van der Waals surface area contributed by atoms with E-state index in [0.717, 1.165) is 49.9 Å². The van der Waals surface area contributed by atoms with E-state index in [1.165, 1.54) is 58.4 Å². The number of rotatable bonds is 2. The highest BCUT2D eigenvalue weighted by Crippen LogP contribution is 2.46. The molecule has 0 saturated carbocycles. The summed E-state index contributed by atoms with van der Waals surface area (Å²) < 4.78 is 10.4. The second-order valence-electron chi connectivity index (χ2n) is 13.1. The van der Waals surface area contributed by atoms with Gasteiger partial charge in [-0.25, -0.2) is 0 Å². The molecule has 11 aromatic rings. The fourth-order valence-corrected chi connectivity index (χ4v) is 9.59. The Balaban J connectivity index is 1.07. The van der Waals surface area contributed by atoms with Gasteiger partial charge in [0.05, 0.1) is 32.8 Å². The number of aliphatic imine (C=N–C) groups is 1. The first-order chi connectivity index (χ1) is 24.3. The molecule has 0 spiro atoms. The number of hydrogen-bond acceptors (Lipinski definition) is 4. The summed E-state index contributed by atoms with van der Waals surface area (Å²) in [6, 6.07) is 50.2. The number of thiophene rings is 1. The van der Waals surface area contributed by atoms with Gasteiger partial charge in [0, 0.05) is 58.7 Å². The maximum absolute atomic E-state index is 6.72. The summed E-state index contributed by atoms with van der Waals surface area (Å²) in [6.45, 7) is 0. The highest BCUT2D eigenvalue weighted by atomic mass is 32.1. The zero-order valence-corrected chi connectivity index (χ0v) is 26.9. The van der Waals surface area contributed by atoms with Crippen LogP contribution in [0.25, 0.3) is 80.9 Å². The Kier molecular flexibility index (Phi) is 4.88. The molecule has 0 bridgehead atoms. The van der Waals surface area contributed by atoms with E-state index in [2.05, 4.69) is 149 Å². The van der Waals surface area contributed by atoms with Crippen molar-refractivity contribution in [3.8, 4) is 0 Å². The Bertz CT molecular complexity index is 3200. The minimum absolute atomic E-state index is 0.235. The summed E-state index contributed by atoms with van der Waals surface area (Å²) in [6.07, 6.45) is -0.235.